The minimum absolute atomic E-state index is 0.0931. The summed E-state index contributed by atoms with van der Waals surface area (Å²) in [6, 6.07) is 11.4. The molecular weight excluding hydrogens is 244 g/mol. The SMILES string of the molecule is Cc1cccc(-c2ccccc2C(=O)O)c1C(=O)O. The lowest BCUT2D eigenvalue weighted by Crippen LogP contribution is -2.05. The second-order valence-corrected chi connectivity index (χ2v) is 4.15. The van der Waals surface area contributed by atoms with E-state index >= 15 is 0 Å². The van der Waals surface area contributed by atoms with Gasteiger partial charge in [0.25, 0.3) is 0 Å². The average Bonchev–Trinajstić information content (AvgIpc) is 2.37. The molecule has 0 saturated carbocycles. The third-order valence-corrected chi connectivity index (χ3v) is 2.93. The summed E-state index contributed by atoms with van der Waals surface area (Å²) in [6.45, 7) is 1.69. The quantitative estimate of drug-likeness (QED) is 0.885. The van der Waals surface area contributed by atoms with E-state index < -0.39 is 11.9 Å². The van der Waals surface area contributed by atoms with Crippen LogP contribution in [0, 0.1) is 6.92 Å². The second-order valence-electron chi connectivity index (χ2n) is 4.15. The van der Waals surface area contributed by atoms with E-state index in [4.69, 9.17) is 0 Å². The molecule has 19 heavy (non-hydrogen) atoms. The van der Waals surface area contributed by atoms with Gasteiger partial charge in [0.2, 0.25) is 0 Å². The van der Waals surface area contributed by atoms with E-state index in [1.165, 1.54) is 6.07 Å². The molecule has 0 spiro atoms. The van der Waals surface area contributed by atoms with Crippen LogP contribution in [0.25, 0.3) is 11.1 Å². The standard InChI is InChI=1S/C15H12O4/c1-9-5-4-8-11(13(9)15(18)19)10-6-2-3-7-12(10)14(16)17/h2-8H,1H3,(H,16,17)(H,18,19). The Kier molecular flexibility index (Phi) is 3.33. The fourth-order valence-corrected chi connectivity index (χ4v) is 2.08. The largest absolute Gasteiger partial charge is 0.478 e. The maximum Gasteiger partial charge on any atom is 0.336 e. The number of carbonyl (C=O) groups is 2. The molecule has 0 aliphatic carbocycles. The summed E-state index contributed by atoms with van der Waals surface area (Å²) in [4.78, 5) is 22.6. The summed E-state index contributed by atoms with van der Waals surface area (Å²) in [5.41, 5.74) is 1.67. The van der Waals surface area contributed by atoms with Crippen LogP contribution < -0.4 is 0 Å². The van der Waals surface area contributed by atoms with Crippen molar-refractivity contribution in [1.82, 2.24) is 0 Å². The molecule has 0 aromatic heterocycles. The third-order valence-electron chi connectivity index (χ3n) is 2.93. The Labute approximate surface area is 109 Å². The molecule has 2 aromatic rings. The van der Waals surface area contributed by atoms with Crippen LogP contribution in [0.15, 0.2) is 42.5 Å². The molecule has 0 heterocycles. The van der Waals surface area contributed by atoms with Crippen LogP contribution in [-0.2, 0) is 0 Å². The van der Waals surface area contributed by atoms with Crippen molar-refractivity contribution in [2.75, 3.05) is 0 Å². The van der Waals surface area contributed by atoms with Crippen molar-refractivity contribution >= 4 is 11.9 Å². The van der Waals surface area contributed by atoms with Gasteiger partial charge in [-0.2, -0.15) is 0 Å². The van der Waals surface area contributed by atoms with Gasteiger partial charge in [-0.1, -0.05) is 36.4 Å². The number of carboxylic acids is 2. The van der Waals surface area contributed by atoms with Gasteiger partial charge >= 0.3 is 11.9 Å². The molecule has 0 atom stereocenters. The topological polar surface area (TPSA) is 74.6 Å². The molecule has 0 aliphatic rings. The highest BCUT2D eigenvalue weighted by molar-refractivity contribution is 6.02. The Bertz CT molecular complexity index is 659. The van der Waals surface area contributed by atoms with Crippen molar-refractivity contribution in [3.63, 3.8) is 0 Å². The van der Waals surface area contributed by atoms with Crippen LogP contribution >= 0.6 is 0 Å². The van der Waals surface area contributed by atoms with Crippen LogP contribution in [0.4, 0.5) is 0 Å². The fourth-order valence-electron chi connectivity index (χ4n) is 2.08. The molecule has 0 fully saturated rings. The molecule has 2 rings (SSSR count). The highest BCUT2D eigenvalue weighted by atomic mass is 16.4. The van der Waals surface area contributed by atoms with Crippen molar-refractivity contribution in [2.24, 2.45) is 0 Å². The predicted octanol–water partition coefficient (Wildman–Crippen LogP) is 3.06. The molecule has 4 nitrogen and oxygen atoms in total. The number of carboxylic acid groups (broad SMARTS) is 2. The summed E-state index contributed by atoms with van der Waals surface area (Å²) >= 11 is 0. The normalized spacial score (nSPS) is 10.2. The Morgan fingerprint density at radius 3 is 2.11 bits per heavy atom. The summed E-state index contributed by atoms with van der Waals surface area (Å²) in [5.74, 6) is -2.14. The Balaban J connectivity index is 2.76. The number of rotatable bonds is 3. The molecule has 0 radical (unpaired) electrons. The summed E-state index contributed by atoms with van der Waals surface area (Å²) in [7, 11) is 0. The second kappa shape index (κ2) is 4.94. The zero-order valence-corrected chi connectivity index (χ0v) is 10.3. The molecule has 0 amide bonds. The highest BCUT2D eigenvalue weighted by Crippen LogP contribution is 2.29. The van der Waals surface area contributed by atoms with Crippen molar-refractivity contribution in [2.45, 2.75) is 6.92 Å². The number of hydrogen-bond acceptors (Lipinski definition) is 2. The van der Waals surface area contributed by atoms with E-state index in [1.807, 2.05) is 0 Å². The smallest absolute Gasteiger partial charge is 0.336 e. The number of aryl methyl sites for hydroxylation is 1. The van der Waals surface area contributed by atoms with Gasteiger partial charge in [0.15, 0.2) is 0 Å². The van der Waals surface area contributed by atoms with Gasteiger partial charge in [-0.15, -0.1) is 0 Å². The van der Waals surface area contributed by atoms with E-state index in [2.05, 4.69) is 0 Å². The Hall–Kier alpha value is -2.62. The van der Waals surface area contributed by atoms with Crippen molar-refractivity contribution in [3.05, 3.63) is 59.2 Å². The summed E-state index contributed by atoms with van der Waals surface area (Å²) in [6.07, 6.45) is 0. The van der Waals surface area contributed by atoms with Gasteiger partial charge in [-0.25, -0.2) is 9.59 Å². The van der Waals surface area contributed by atoms with Crippen molar-refractivity contribution in [3.8, 4) is 11.1 Å². The first-order valence-corrected chi connectivity index (χ1v) is 5.68. The van der Waals surface area contributed by atoms with E-state index in [9.17, 15) is 19.8 Å². The average molecular weight is 256 g/mol. The van der Waals surface area contributed by atoms with Gasteiger partial charge in [-0.05, 0) is 29.7 Å². The van der Waals surface area contributed by atoms with E-state index in [0.717, 1.165) is 0 Å². The van der Waals surface area contributed by atoms with E-state index in [1.54, 1.807) is 43.3 Å². The summed E-state index contributed by atoms with van der Waals surface area (Å²) < 4.78 is 0. The zero-order valence-electron chi connectivity index (χ0n) is 10.3. The number of benzene rings is 2. The van der Waals surface area contributed by atoms with Crippen LogP contribution in [0.3, 0.4) is 0 Å². The molecule has 4 heteroatoms. The lowest BCUT2D eigenvalue weighted by atomic mass is 9.93. The van der Waals surface area contributed by atoms with Gasteiger partial charge in [0.05, 0.1) is 11.1 Å². The van der Waals surface area contributed by atoms with Crippen LogP contribution in [-0.4, -0.2) is 22.2 Å². The Morgan fingerprint density at radius 1 is 0.842 bits per heavy atom. The maximum atomic E-state index is 11.3. The van der Waals surface area contributed by atoms with Crippen LogP contribution in [0.1, 0.15) is 26.3 Å². The van der Waals surface area contributed by atoms with Crippen molar-refractivity contribution in [1.29, 1.82) is 0 Å². The monoisotopic (exact) mass is 256 g/mol. The maximum absolute atomic E-state index is 11.3. The Morgan fingerprint density at radius 2 is 1.47 bits per heavy atom. The number of aromatic carboxylic acids is 2. The molecule has 0 bridgehead atoms. The summed E-state index contributed by atoms with van der Waals surface area (Å²) in [5, 5.41) is 18.5. The minimum atomic E-state index is -1.08. The minimum Gasteiger partial charge on any atom is -0.478 e. The molecule has 2 N–H and O–H groups in total. The van der Waals surface area contributed by atoms with Gasteiger partial charge in [0, 0.05) is 0 Å². The molecule has 0 aliphatic heterocycles. The lowest BCUT2D eigenvalue weighted by Gasteiger charge is -2.11. The molecular formula is C15H12O4. The van der Waals surface area contributed by atoms with Crippen LogP contribution in [0.5, 0.6) is 0 Å². The molecule has 0 unspecified atom stereocenters. The third kappa shape index (κ3) is 2.33. The first-order valence-electron chi connectivity index (χ1n) is 5.68. The molecule has 0 saturated heterocycles. The molecule has 2 aromatic carbocycles. The van der Waals surface area contributed by atoms with Gasteiger partial charge < -0.3 is 10.2 Å². The van der Waals surface area contributed by atoms with Gasteiger partial charge in [0.1, 0.15) is 0 Å². The highest BCUT2D eigenvalue weighted by Gasteiger charge is 2.18. The van der Waals surface area contributed by atoms with Gasteiger partial charge in [-0.3, -0.25) is 0 Å². The number of hydrogen-bond donors (Lipinski definition) is 2. The van der Waals surface area contributed by atoms with E-state index in [0.29, 0.717) is 16.7 Å². The lowest BCUT2D eigenvalue weighted by molar-refractivity contribution is 0.0684. The zero-order chi connectivity index (χ0) is 14.0. The fraction of sp³-hybridized carbons (Fsp3) is 0.0667. The van der Waals surface area contributed by atoms with Crippen LogP contribution in [0.2, 0.25) is 0 Å². The van der Waals surface area contributed by atoms with Crippen molar-refractivity contribution < 1.29 is 19.8 Å². The predicted molar refractivity (Wildman–Crippen MR) is 70.5 cm³/mol. The first kappa shape index (κ1) is 12.8. The first-order chi connectivity index (χ1) is 9.02. The molecule has 96 valence electrons. The van der Waals surface area contributed by atoms with E-state index in [-0.39, 0.29) is 11.1 Å².